The zero-order valence-electron chi connectivity index (χ0n) is 10.0. The molecule has 0 bridgehead atoms. The van der Waals surface area contributed by atoms with Crippen molar-refractivity contribution < 1.29 is 9.90 Å². The van der Waals surface area contributed by atoms with Crippen LogP contribution < -0.4 is 5.32 Å². The molecule has 0 spiro atoms. The lowest BCUT2D eigenvalue weighted by molar-refractivity contribution is -0.123. The first-order valence-corrected chi connectivity index (χ1v) is 6.41. The van der Waals surface area contributed by atoms with E-state index in [4.69, 9.17) is 5.11 Å². The summed E-state index contributed by atoms with van der Waals surface area (Å²) in [5.41, 5.74) is 1.99. The van der Waals surface area contributed by atoms with E-state index in [9.17, 15) is 4.79 Å². The topological polar surface area (TPSA) is 62.2 Å². The Kier molecular flexibility index (Phi) is 4.07. The molecule has 18 heavy (non-hydrogen) atoms. The monoisotopic (exact) mass is 262 g/mol. The summed E-state index contributed by atoms with van der Waals surface area (Å²) in [6.45, 7) is 1.85. The summed E-state index contributed by atoms with van der Waals surface area (Å²) >= 11 is 1.56. The number of aryl methyl sites for hydroxylation is 1. The maximum absolute atomic E-state index is 11.0. The average Bonchev–Trinajstić information content (AvgIpc) is 2.78. The summed E-state index contributed by atoms with van der Waals surface area (Å²) in [6, 6.07) is 9.92. The van der Waals surface area contributed by atoms with Crippen LogP contribution in [0.4, 0.5) is 0 Å². The predicted molar refractivity (Wildman–Crippen MR) is 71.2 cm³/mol. The maximum Gasteiger partial charge on any atom is 0.246 e. The predicted octanol–water partition coefficient (Wildman–Crippen LogP) is 1.73. The molecule has 94 valence electrons. The summed E-state index contributed by atoms with van der Waals surface area (Å²) in [5, 5.41) is 12.2. The van der Waals surface area contributed by atoms with Gasteiger partial charge in [0.2, 0.25) is 5.91 Å². The molecule has 2 N–H and O–H groups in total. The molecule has 0 saturated carbocycles. The number of amides is 1. The Bertz CT molecular complexity index is 537. The van der Waals surface area contributed by atoms with E-state index in [0.29, 0.717) is 6.54 Å². The van der Waals surface area contributed by atoms with Crippen LogP contribution in [0.15, 0.2) is 30.3 Å². The van der Waals surface area contributed by atoms with Crippen molar-refractivity contribution in [2.45, 2.75) is 13.5 Å². The fraction of sp³-hybridized carbons (Fsp3) is 0.231. The highest BCUT2D eigenvalue weighted by Crippen LogP contribution is 2.27. The summed E-state index contributed by atoms with van der Waals surface area (Å²) in [5.74, 6) is -0.371. The third-order valence-corrected chi connectivity index (χ3v) is 3.71. The number of hydrogen-bond acceptors (Lipinski definition) is 4. The van der Waals surface area contributed by atoms with Gasteiger partial charge >= 0.3 is 0 Å². The van der Waals surface area contributed by atoms with Crippen molar-refractivity contribution in [1.29, 1.82) is 0 Å². The van der Waals surface area contributed by atoms with Crippen LogP contribution in [0.25, 0.3) is 10.6 Å². The number of nitrogens with one attached hydrogen (secondary N) is 1. The van der Waals surface area contributed by atoms with E-state index in [1.54, 1.807) is 11.3 Å². The Morgan fingerprint density at radius 3 is 2.78 bits per heavy atom. The SMILES string of the molecule is Cc1nc(-c2ccccc2)sc1CNC(=O)CO. The lowest BCUT2D eigenvalue weighted by Crippen LogP contribution is -2.25. The van der Waals surface area contributed by atoms with Crippen LogP contribution >= 0.6 is 11.3 Å². The van der Waals surface area contributed by atoms with Crippen molar-refractivity contribution in [3.05, 3.63) is 40.9 Å². The van der Waals surface area contributed by atoms with Gasteiger partial charge in [0.05, 0.1) is 12.2 Å². The van der Waals surface area contributed by atoms with Crippen molar-refractivity contribution in [3.63, 3.8) is 0 Å². The molecule has 0 fully saturated rings. The molecular formula is C13H14N2O2S. The first-order valence-electron chi connectivity index (χ1n) is 5.60. The van der Waals surface area contributed by atoms with E-state index >= 15 is 0 Å². The van der Waals surface area contributed by atoms with Crippen LogP contribution in [-0.2, 0) is 11.3 Å². The number of carbonyl (C=O) groups excluding carboxylic acids is 1. The second-order valence-corrected chi connectivity index (χ2v) is 4.91. The van der Waals surface area contributed by atoms with E-state index in [1.807, 2.05) is 37.3 Å². The van der Waals surface area contributed by atoms with E-state index in [2.05, 4.69) is 10.3 Å². The molecule has 0 radical (unpaired) electrons. The van der Waals surface area contributed by atoms with Gasteiger partial charge in [-0.05, 0) is 6.92 Å². The number of nitrogens with zero attached hydrogens (tertiary/aromatic N) is 1. The second-order valence-electron chi connectivity index (χ2n) is 3.83. The Morgan fingerprint density at radius 2 is 2.11 bits per heavy atom. The Balaban J connectivity index is 2.15. The lowest BCUT2D eigenvalue weighted by atomic mass is 10.2. The normalized spacial score (nSPS) is 10.3. The number of thiazole rings is 1. The minimum atomic E-state index is -0.483. The largest absolute Gasteiger partial charge is 0.387 e. The number of carbonyl (C=O) groups is 1. The molecule has 0 atom stereocenters. The Hall–Kier alpha value is -1.72. The molecular weight excluding hydrogens is 248 g/mol. The highest BCUT2D eigenvalue weighted by atomic mass is 32.1. The van der Waals surface area contributed by atoms with Crippen molar-refractivity contribution in [1.82, 2.24) is 10.3 Å². The van der Waals surface area contributed by atoms with E-state index < -0.39 is 6.61 Å². The molecule has 0 aliphatic carbocycles. The zero-order valence-corrected chi connectivity index (χ0v) is 10.8. The van der Waals surface area contributed by atoms with Gasteiger partial charge in [-0.2, -0.15) is 0 Å². The molecule has 0 aliphatic rings. The van der Waals surface area contributed by atoms with Gasteiger partial charge < -0.3 is 10.4 Å². The Labute approximate surface area is 109 Å². The van der Waals surface area contributed by atoms with Crippen molar-refractivity contribution in [2.24, 2.45) is 0 Å². The van der Waals surface area contributed by atoms with E-state index in [1.165, 1.54) is 0 Å². The van der Waals surface area contributed by atoms with Gasteiger partial charge in [-0.15, -0.1) is 11.3 Å². The third kappa shape index (κ3) is 2.94. The highest BCUT2D eigenvalue weighted by Gasteiger charge is 2.09. The van der Waals surface area contributed by atoms with E-state index in [0.717, 1.165) is 21.1 Å². The van der Waals surface area contributed by atoms with Gasteiger partial charge in [-0.25, -0.2) is 4.98 Å². The van der Waals surface area contributed by atoms with Crippen molar-refractivity contribution in [2.75, 3.05) is 6.61 Å². The molecule has 2 aromatic rings. The molecule has 0 aliphatic heterocycles. The van der Waals surface area contributed by atoms with Crippen molar-refractivity contribution in [3.8, 4) is 10.6 Å². The van der Waals surface area contributed by atoms with Crippen molar-refractivity contribution >= 4 is 17.2 Å². The Morgan fingerprint density at radius 1 is 1.39 bits per heavy atom. The van der Waals surface area contributed by atoms with Gasteiger partial charge in [0, 0.05) is 10.4 Å². The number of hydrogen-bond donors (Lipinski definition) is 2. The van der Waals surface area contributed by atoms with Crippen LogP contribution in [0.2, 0.25) is 0 Å². The lowest BCUT2D eigenvalue weighted by Gasteiger charge is -2.00. The number of rotatable bonds is 4. The molecule has 1 aromatic carbocycles. The smallest absolute Gasteiger partial charge is 0.246 e. The van der Waals surface area contributed by atoms with Gasteiger partial charge in [0.15, 0.2) is 0 Å². The van der Waals surface area contributed by atoms with Crippen LogP contribution in [0.5, 0.6) is 0 Å². The summed E-state index contributed by atoms with van der Waals surface area (Å²) in [7, 11) is 0. The molecule has 0 unspecified atom stereocenters. The zero-order chi connectivity index (χ0) is 13.0. The fourth-order valence-electron chi connectivity index (χ4n) is 1.53. The summed E-state index contributed by atoms with van der Waals surface area (Å²) < 4.78 is 0. The quantitative estimate of drug-likeness (QED) is 0.882. The summed E-state index contributed by atoms with van der Waals surface area (Å²) in [4.78, 5) is 16.5. The van der Waals surface area contributed by atoms with Gasteiger partial charge in [-0.1, -0.05) is 30.3 Å². The fourth-order valence-corrected chi connectivity index (χ4v) is 2.54. The van der Waals surface area contributed by atoms with E-state index in [-0.39, 0.29) is 5.91 Å². The first-order chi connectivity index (χ1) is 8.70. The number of aliphatic hydroxyl groups is 1. The van der Waals surface area contributed by atoms with Crippen LogP contribution in [0, 0.1) is 6.92 Å². The second kappa shape index (κ2) is 5.75. The molecule has 1 heterocycles. The number of aliphatic hydroxyl groups excluding tert-OH is 1. The summed E-state index contributed by atoms with van der Waals surface area (Å²) in [6.07, 6.45) is 0. The van der Waals surface area contributed by atoms with Crippen LogP contribution in [0.3, 0.4) is 0 Å². The van der Waals surface area contributed by atoms with Gasteiger partial charge in [0.1, 0.15) is 11.6 Å². The van der Waals surface area contributed by atoms with Gasteiger partial charge in [-0.3, -0.25) is 4.79 Å². The standard InChI is InChI=1S/C13H14N2O2S/c1-9-11(7-14-12(17)8-16)18-13(15-9)10-5-3-2-4-6-10/h2-6,16H,7-8H2,1H3,(H,14,17). The molecule has 1 aromatic heterocycles. The minimum absolute atomic E-state index is 0.371. The average molecular weight is 262 g/mol. The molecule has 1 amide bonds. The maximum atomic E-state index is 11.0. The molecule has 2 rings (SSSR count). The number of aromatic nitrogens is 1. The minimum Gasteiger partial charge on any atom is -0.387 e. The van der Waals surface area contributed by atoms with Crippen LogP contribution in [0.1, 0.15) is 10.6 Å². The number of benzene rings is 1. The molecule has 0 saturated heterocycles. The highest BCUT2D eigenvalue weighted by molar-refractivity contribution is 7.15. The van der Waals surface area contributed by atoms with Gasteiger partial charge in [0.25, 0.3) is 0 Å². The third-order valence-electron chi connectivity index (χ3n) is 2.50. The molecule has 4 nitrogen and oxygen atoms in total. The van der Waals surface area contributed by atoms with Crippen LogP contribution in [-0.4, -0.2) is 22.6 Å². The first kappa shape index (κ1) is 12.7. The molecule has 5 heteroatoms.